The second-order valence-electron chi connectivity index (χ2n) is 6.82. The summed E-state index contributed by atoms with van der Waals surface area (Å²) in [6, 6.07) is 19.6. The van der Waals surface area contributed by atoms with E-state index in [-0.39, 0.29) is 15.5 Å². The van der Waals surface area contributed by atoms with Gasteiger partial charge in [-0.2, -0.15) is 0 Å². The fraction of sp³-hybridized carbons (Fsp3) is 0.0909. The van der Waals surface area contributed by atoms with Crippen LogP contribution in [0.15, 0.2) is 71.6 Å². The standard InChI is InChI=1S/C22H17ClN2O3S2/c1-30(27,28)16-10-11-18(23)17(13-16)22(26)24-15-8-6-14(7-9-15)12-21-25-19-4-2-3-5-20(19)29-21/h2-11,13H,12H2,1H3,(H,24,26). The van der Waals surface area contributed by atoms with E-state index in [4.69, 9.17) is 11.6 Å². The number of para-hydroxylation sites is 1. The third-order valence-electron chi connectivity index (χ3n) is 4.52. The van der Waals surface area contributed by atoms with Gasteiger partial charge in [0.1, 0.15) is 0 Å². The lowest BCUT2D eigenvalue weighted by Crippen LogP contribution is -2.13. The molecule has 0 bridgehead atoms. The van der Waals surface area contributed by atoms with Gasteiger partial charge in [0.05, 0.1) is 30.7 Å². The molecule has 0 radical (unpaired) electrons. The Labute approximate surface area is 183 Å². The minimum atomic E-state index is -3.44. The minimum Gasteiger partial charge on any atom is -0.322 e. The summed E-state index contributed by atoms with van der Waals surface area (Å²) in [7, 11) is -3.44. The molecule has 3 aromatic carbocycles. The van der Waals surface area contributed by atoms with Crippen molar-refractivity contribution < 1.29 is 13.2 Å². The average Bonchev–Trinajstić information content (AvgIpc) is 3.11. The maximum Gasteiger partial charge on any atom is 0.257 e. The normalized spacial score (nSPS) is 11.5. The molecule has 1 N–H and O–H groups in total. The molecule has 0 saturated heterocycles. The number of thiazole rings is 1. The van der Waals surface area contributed by atoms with Gasteiger partial charge in [-0.05, 0) is 48.0 Å². The second kappa shape index (κ2) is 8.18. The number of rotatable bonds is 5. The number of hydrogen-bond acceptors (Lipinski definition) is 5. The highest BCUT2D eigenvalue weighted by Gasteiger charge is 2.16. The third kappa shape index (κ3) is 4.53. The number of nitrogens with one attached hydrogen (secondary N) is 1. The van der Waals surface area contributed by atoms with Gasteiger partial charge in [-0.3, -0.25) is 4.79 Å². The maximum atomic E-state index is 12.6. The van der Waals surface area contributed by atoms with E-state index in [0.29, 0.717) is 12.1 Å². The maximum absolute atomic E-state index is 12.6. The molecular formula is C22H17ClN2O3S2. The molecule has 0 saturated carbocycles. The zero-order valence-electron chi connectivity index (χ0n) is 15.9. The summed E-state index contributed by atoms with van der Waals surface area (Å²) in [6.07, 6.45) is 1.79. The summed E-state index contributed by atoms with van der Waals surface area (Å²) in [5.41, 5.74) is 2.77. The van der Waals surface area contributed by atoms with Gasteiger partial charge in [0.25, 0.3) is 5.91 Å². The van der Waals surface area contributed by atoms with Crippen LogP contribution in [0.5, 0.6) is 0 Å². The van der Waals surface area contributed by atoms with E-state index >= 15 is 0 Å². The van der Waals surface area contributed by atoms with Gasteiger partial charge in [0.2, 0.25) is 0 Å². The van der Waals surface area contributed by atoms with Crippen LogP contribution in [-0.4, -0.2) is 25.6 Å². The van der Waals surface area contributed by atoms with Crippen molar-refractivity contribution in [2.75, 3.05) is 11.6 Å². The first-order valence-corrected chi connectivity index (χ1v) is 12.1. The summed E-state index contributed by atoms with van der Waals surface area (Å²) >= 11 is 7.76. The monoisotopic (exact) mass is 456 g/mol. The number of hydrogen-bond donors (Lipinski definition) is 1. The predicted octanol–water partition coefficient (Wildman–Crippen LogP) is 5.20. The second-order valence-corrected chi connectivity index (χ2v) is 10.4. The topological polar surface area (TPSA) is 76.1 Å². The lowest BCUT2D eigenvalue weighted by Gasteiger charge is -2.09. The number of carbonyl (C=O) groups excluding carboxylic acids is 1. The van der Waals surface area contributed by atoms with Crippen LogP contribution in [-0.2, 0) is 16.3 Å². The SMILES string of the molecule is CS(=O)(=O)c1ccc(Cl)c(C(=O)Nc2ccc(Cc3nc4ccccc4s3)cc2)c1. The molecule has 0 aliphatic carbocycles. The Hall–Kier alpha value is -2.74. The number of amides is 1. The van der Waals surface area contributed by atoms with E-state index in [0.717, 1.165) is 27.0 Å². The fourth-order valence-corrected chi connectivity index (χ4v) is 4.84. The van der Waals surface area contributed by atoms with E-state index in [9.17, 15) is 13.2 Å². The molecule has 30 heavy (non-hydrogen) atoms. The van der Waals surface area contributed by atoms with E-state index in [1.807, 2.05) is 30.3 Å². The van der Waals surface area contributed by atoms with Crippen molar-refractivity contribution >= 4 is 54.6 Å². The largest absolute Gasteiger partial charge is 0.322 e. The summed E-state index contributed by atoms with van der Waals surface area (Å²) in [5, 5.41) is 3.97. The van der Waals surface area contributed by atoms with E-state index < -0.39 is 15.7 Å². The molecule has 1 amide bonds. The molecule has 5 nitrogen and oxygen atoms in total. The number of anilines is 1. The molecule has 152 valence electrons. The summed E-state index contributed by atoms with van der Waals surface area (Å²) in [6.45, 7) is 0. The third-order valence-corrected chi connectivity index (χ3v) is 6.99. The van der Waals surface area contributed by atoms with Crippen molar-refractivity contribution in [2.24, 2.45) is 0 Å². The number of aromatic nitrogens is 1. The Morgan fingerprint density at radius 2 is 1.80 bits per heavy atom. The van der Waals surface area contributed by atoms with Crippen molar-refractivity contribution in [3.05, 3.63) is 87.9 Å². The quantitative estimate of drug-likeness (QED) is 0.448. The smallest absolute Gasteiger partial charge is 0.257 e. The first-order valence-electron chi connectivity index (χ1n) is 9.04. The lowest BCUT2D eigenvalue weighted by molar-refractivity contribution is 0.102. The molecular weight excluding hydrogens is 440 g/mol. The number of carbonyl (C=O) groups is 1. The van der Waals surface area contributed by atoms with Crippen molar-refractivity contribution in [1.29, 1.82) is 0 Å². The summed E-state index contributed by atoms with van der Waals surface area (Å²) in [5.74, 6) is -0.468. The van der Waals surface area contributed by atoms with Crippen LogP contribution in [0.4, 0.5) is 5.69 Å². The Morgan fingerprint density at radius 3 is 2.50 bits per heavy atom. The zero-order chi connectivity index (χ0) is 21.3. The van der Waals surface area contributed by atoms with Gasteiger partial charge in [-0.25, -0.2) is 13.4 Å². The highest BCUT2D eigenvalue weighted by molar-refractivity contribution is 7.90. The van der Waals surface area contributed by atoms with Gasteiger partial charge in [0.15, 0.2) is 9.84 Å². The van der Waals surface area contributed by atoms with Gasteiger partial charge in [-0.1, -0.05) is 35.9 Å². The fourth-order valence-electron chi connectivity index (χ4n) is 2.98. The van der Waals surface area contributed by atoms with Crippen LogP contribution in [0.25, 0.3) is 10.2 Å². The van der Waals surface area contributed by atoms with E-state index in [1.54, 1.807) is 23.5 Å². The molecule has 0 spiro atoms. The van der Waals surface area contributed by atoms with Gasteiger partial charge >= 0.3 is 0 Å². The number of halogens is 1. The van der Waals surface area contributed by atoms with Crippen LogP contribution in [0.3, 0.4) is 0 Å². The first-order chi connectivity index (χ1) is 14.3. The zero-order valence-corrected chi connectivity index (χ0v) is 18.3. The molecule has 0 atom stereocenters. The van der Waals surface area contributed by atoms with Crippen molar-refractivity contribution in [3.63, 3.8) is 0 Å². The Balaban J connectivity index is 1.49. The molecule has 1 heterocycles. The van der Waals surface area contributed by atoms with Crippen molar-refractivity contribution in [2.45, 2.75) is 11.3 Å². The molecule has 0 aliphatic heterocycles. The Kier molecular flexibility index (Phi) is 5.60. The van der Waals surface area contributed by atoms with Gasteiger partial charge in [-0.15, -0.1) is 11.3 Å². The predicted molar refractivity (Wildman–Crippen MR) is 121 cm³/mol. The molecule has 1 aromatic heterocycles. The van der Waals surface area contributed by atoms with Gasteiger partial charge < -0.3 is 5.32 Å². The summed E-state index contributed by atoms with van der Waals surface area (Å²) in [4.78, 5) is 17.3. The van der Waals surface area contributed by atoms with Crippen LogP contribution in [0.2, 0.25) is 5.02 Å². The molecule has 4 rings (SSSR count). The lowest BCUT2D eigenvalue weighted by atomic mass is 10.1. The van der Waals surface area contributed by atoms with Crippen LogP contribution in [0, 0.1) is 0 Å². The molecule has 0 aliphatic rings. The van der Waals surface area contributed by atoms with Crippen molar-refractivity contribution in [1.82, 2.24) is 4.98 Å². The molecule has 0 fully saturated rings. The van der Waals surface area contributed by atoms with Crippen molar-refractivity contribution in [3.8, 4) is 0 Å². The van der Waals surface area contributed by atoms with Crippen LogP contribution < -0.4 is 5.32 Å². The summed E-state index contributed by atoms with van der Waals surface area (Å²) < 4.78 is 24.6. The first kappa shape index (κ1) is 20.5. The highest BCUT2D eigenvalue weighted by atomic mass is 35.5. The molecule has 4 aromatic rings. The van der Waals surface area contributed by atoms with Crippen LogP contribution in [0.1, 0.15) is 20.9 Å². The number of fused-ring (bicyclic) bond motifs is 1. The van der Waals surface area contributed by atoms with Crippen LogP contribution >= 0.6 is 22.9 Å². The number of sulfone groups is 1. The van der Waals surface area contributed by atoms with E-state index in [2.05, 4.69) is 16.4 Å². The number of benzene rings is 3. The minimum absolute atomic E-state index is 0.0447. The Morgan fingerprint density at radius 1 is 1.07 bits per heavy atom. The highest BCUT2D eigenvalue weighted by Crippen LogP contribution is 2.25. The molecule has 8 heteroatoms. The molecule has 0 unspecified atom stereocenters. The Bertz CT molecular complexity index is 1310. The average molecular weight is 457 g/mol. The van der Waals surface area contributed by atoms with E-state index in [1.165, 1.54) is 18.2 Å². The van der Waals surface area contributed by atoms with Gasteiger partial charge in [0, 0.05) is 18.4 Å². The number of nitrogens with zero attached hydrogens (tertiary/aromatic N) is 1.